The van der Waals surface area contributed by atoms with E-state index in [2.05, 4.69) is 9.97 Å². The standard InChI is InChI=1S/C15H17F2N3O/c16-15(17,11-21-10-12-5-2-1-3-6-12)13(18)9-14-19-7-4-8-20-14/h1-8,13H,9-11,18H2/t13-/m1/s1. The Kier molecular flexibility index (Phi) is 5.30. The fourth-order valence-electron chi connectivity index (χ4n) is 1.77. The van der Waals surface area contributed by atoms with Crippen LogP contribution in [0.3, 0.4) is 0 Å². The van der Waals surface area contributed by atoms with Crippen LogP contribution in [-0.4, -0.2) is 28.5 Å². The molecule has 1 atom stereocenters. The maximum Gasteiger partial charge on any atom is 0.286 e. The Morgan fingerprint density at radius 3 is 2.43 bits per heavy atom. The molecule has 4 nitrogen and oxygen atoms in total. The fourth-order valence-corrected chi connectivity index (χ4v) is 1.77. The summed E-state index contributed by atoms with van der Waals surface area (Å²) in [6, 6.07) is 9.39. The summed E-state index contributed by atoms with van der Waals surface area (Å²) >= 11 is 0. The number of hydrogen-bond donors (Lipinski definition) is 1. The van der Waals surface area contributed by atoms with Crippen LogP contribution in [0.25, 0.3) is 0 Å². The number of nitrogens with two attached hydrogens (primary N) is 1. The van der Waals surface area contributed by atoms with E-state index < -0.39 is 18.6 Å². The van der Waals surface area contributed by atoms with Crippen LogP contribution in [0, 0.1) is 0 Å². The number of halogens is 2. The summed E-state index contributed by atoms with van der Waals surface area (Å²) in [6.45, 7) is -0.596. The molecule has 0 saturated heterocycles. The van der Waals surface area contributed by atoms with E-state index in [1.54, 1.807) is 6.07 Å². The van der Waals surface area contributed by atoms with Gasteiger partial charge in [0.1, 0.15) is 12.4 Å². The van der Waals surface area contributed by atoms with Gasteiger partial charge in [0, 0.05) is 18.8 Å². The molecule has 6 heteroatoms. The van der Waals surface area contributed by atoms with Crippen molar-refractivity contribution in [2.24, 2.45) is 5.73 Å². The molecule has 0 radical (unpaired) electrons. The van der Waals surface area contributed by atoms with Gasteiger partial charge in [0.2, 0.25) is 0 Å². The largest absolute Gasteiger partial charge is 0.370 e. The van der Waals surface area contributed by atoms with Crippen molar-refractivity contribution in [3.05, 3.63) is 60.2 Å². The first-order valence-corrected chi connectivity index (χ1v) is 6.59. The lowest BCUT2D eigenvalue weighted by Gasteiger charge is -2.22. The van der Waals surface area contributed by atoms with Crippen molar-refractivity contribution < 1.29 is 13.5 Å². The zero-order valence-corrected chi connectivity index (χ0v) is 11.5. The number of ether oxygens (including phenoxy) is 1. The zero-order valence-electron chi connectivity index (χ0n) is 11.5. The van der Waals surface area contributed by atoms with Gasteiger partial charge in [0.15, 0.2) is 0 Å². The molecule has 1 heterocycles. The highest BCUT2D eigenvalue weighted by Gasteiger charge is 2.37. The molecular formula is C15H17F2N3O. The second-order valence-corrected chi connectivity index (χ2v) is 4.72. The quantitative estimate of drug-likeness (QED) is 0.850. The predicted molar refractivity (Wildman–Crippen MR) is 74.8 cm³/mol. The molecule has 1 aromatic heterocycles. The highest BCUT2D eigenvalue weighted by atomic mass is 19.3. The summed E-state index contributed by atoms with van der Waals surface area (Å²) in [6.07, 6.45) is 2.90. The summed E-state index contributed by atoms with van der Waals surface area (Å²) in [5, 5.41) is 0. The first-order chi connectivity index (χ1) is 10.1. The van der Waals surface area contributed by atoms with E-state index >= 15 is 0 Å². The zero-order chi connectivity index (χ0) is 15.1. The SMILES string of the molecule is N[C@H](Cc1ncccn1)C(F)(F)COCc1ccccc1. The van der Waals surface area contributed by atoms with E-state index in [4.69, 9.17) is 10.5 Å². The van der Waals surface area contributed by atoms with Gasteiger partial charge in [0.25, 0.3) is 5.92 Å². The molecular weight excluding hydrogens is 276 g/mol. The van der Waals surface area contributed by atoms with Crippen LogP contribution in [0.15, 0.2) is 48.8 Å². The lowest BCUT2D eigenvalue weighted by molar-refractivity contribution is -0.0978. The Labute approximate surface area is 122 Å². The van der Waals surface area contributed by atoms with Crippen molar-refractivity contribution in [2.45, 2.75) is 25.0 Å². The molecule has 2 N–H and O–H groups in total. The number of hydrogen-bond acceptors (Lipinski definition) is 4. The molecule has 112 valence electrons. The maximum absolute atomic E-state index is 13.9. The number of aromatic nitrogens is 2. The van der Waals surface area contributed by atoms with Gasteiger partial charge in [-0.25, -0.2) is 18.7 Å². The van der Waals surface area contributed by atoms with Crippen molar-refractivity contribution >= 4 is 0 Å². The molecule has 0 aliphatic heterocycles. The minimum atomic E-state index is -3.13. The van der Waals surface area contributed by atoms with Crippen molar-refractivity contribution in [1.29, 1.82) is 0 Å². The molecule has 2 aromatic rings. The molecule has 0 aliphatic rings. The predicted octanol–water partition coefficient (Wildman–Crippen LogP) is 2.20. The third-order valence-corrected chi connectivity index (χ3v) is 2.97. The maximum atomic E-state index is 13.9. The molecule has 21 heavy (non-hydrogen) atoms. The average molecular weight is 293 g/mol. The fraction of sp³-hybridized carbons (Fsp3) is 0.333. The van der Waals surface area contributed by atoms with Crippen LogP contribution in [0.2, 0.25) is 0 Å². The Balaban J connectivity index is 1.83. The summed E-state index contributed by atoms with van der Waals surface area (Å²) in [4.78, 5) is 7.79. The number of alkyl halides is 2. The molecule has 0 bridgehead atoms. The second kappa shape index (κ2) is 7.19. The minimum Gasteiger partial charge on any atom is -0.370 e. The Bertz CT molecular complexity index is 537. The third kappa shape index (κ3) is 4.84. The topological polar surface area (TPSA) is 61.0 Å². The molecule has 1 aromatic carbocycles. The average Bonchev–Trinajstić information content (AvgIpc) is 2.49. The molecule has 0 aliphatic carbocycles. The first-order valence-electron chi connectivity index (χ1n) is 6.59. The smallest absolute Gasteiger partial charge is 0.286 e. The lowest BCUT2D eigenvalue weighted by Crippen LogP contribution is -2.46. The van der Waals surface area contributed by atoms with E-state index in [9.17, 15) is 8.78 Å². The van der Waals surface area contributed by atoms with Crippen molar-refractivity contribution in [3.8, 4) is 0 Å². The highest BCUT2D eigenvalue weighted by molar-refractivity contribution is 5.13. The lowest BCUT2D eigenvalue weighted by atomic mass is 10.1. The third-order valence-electron chi connectivity index (χ3n) is 2.97. The number of rotatable bonds is 7. The Morgan fingerprint density at radius 1 is 1.10 bits per heavy atom. The van der Waals surface area contributed by atoms with Gasteiger partial charge >= 0.3 is 0 Å². The van der Waals surface area contributed by atoms with Gasteiger partial charge in [0.05, 0.1) is 12.6 Å². The summed E-state index contributed by atoms with van der Waals surface area (Å²) in [5.74, 6) is -2.83. The molecule has 2 rings (SSSR count). The van der Waals surface area contributed by atoms with Gasteiger partial charge < -0.3 is 10.5 Å². The monoisotopic (exact) mass is 293 g/mol. The van der Waals surface area contributed by atoms with Crippen LogP contribution in [0.5, 0.6) is 0 Å². The second-order valence-electron chi connectivity index (χ2n) is 4.72. The van der Waals surface area contributed by atoms with Crippen molar-refractivity contribution in [2.75, 3.05) is 6.61 Å². The summed E-state index contributed by atoms with van der Waals surface area (Å²) < 4.78 is 32.9. The van der Waals surface area contributed by atoms with Gasteiger partial charge in [-0.2, -0.15) is 0 Å². The van der Waals surface area contributed by atoms with E-state index in [0.717, 1.165) is 5.56 Å². The molecule has 0 spiro atoms. The van der Waals surface area contributed by atoms with Crippen LogP contribution < -0.4 is 5.73 Å². The normalized spacial score (nSPS) is 13.1. The van der Waals surface area contributed by atoms with Gasteiger partial charge in [-0.1, -0.05) is 30.3 Å². The van der Waals surface area contributed by atoms with E-state index in [0.29, 0.717) is 5.82 Å². The van der Waals surface area contributed by atoms with Gasteiger partial charge in [-0.05, 0) is 11.6 Å². The molecule has 0 saturated carbocycles. The number of benzene rings is 1. The van der Waals surface area contributed by atoms with Gasteiger partial charge in [-0.15, -0.1) is 0 Å². The van der Waals surface area contributed by atoms with Crippen LogP contribution in [-0.2, 0) is 17.8 Å². The van der Waals surface area contributed by atoms with Crippen LogP contribution in [0.1, 0.15) is 11.4 Å². The van der Waals surface area contributed by atoms with Crippen LogP contribution in [0.4, 0.5) is 8.78 Å². The first kappa shape index (κ1) is 15.5. The summed E-state index contributed by atoms with van der Waals surface area (Å²) in [5.41, 5.74) is 6.39. The molecule has 0 unspecified atom stereocenters. The van der Waals surface area contributed by atoms with E-state index in [1.165, 1.54) is 12.4 Å². The van der Waals surface area contributed by atoms with Crippen molar-refractivity contribution in [3.63, 3.8) is 0 Å². The minimum absolute atomic E-state index is 0.0947. The Hall–Kier alpha value is -1.92. The number of nitrogens with zero attached hydrogens (tertiary/aromatic N) is 2. The molecule has 0 amide bonds. The summed E-state index contributed by atoms with van der Waals surface area (Å²) in [7, 11) is 0. The Morgan fingerprint density at radius 2 is 1.76 bits per heavy atom. The van der Waals surface area contributed by atoms with Gasteiger partial charge in [-0.3, -0.25) is 0 Å². The van der Waals surface area contributed by atoms with Crippen molar-refractivity contribution in [1.82, 2.24) is 9.97 Å². The van der Waals surface area contributed by atoms with E-state index in [-0.39, 0.29) is 13.0 Å². The highest BCUT2D eigenvalue weighted by Crippen LogP contribution is 2.20. The molecule has 0 fully saturated rings. The van der Waals surface area contributed by atoms with E-state index in [1.807, 2.05) is 30.3 Å². The van der Waals surface area contributed by atoms with Crippen LogP contribution >= 0.6 is 0 Å².